The van der Waals surface area contributed by atoms with Crippen LogP contribution in [0.15, 0.2) is 47.4 Å². The number of aromatic nitrogens is 2. The van der Waals surface area contributed by atoms with Crippen molar-refractivity contribution in [3.05, 3.63) is 64.1 Å². The summed E-state index contributed by atoms with van der Waals surface area (Å²) in [6, 6.07) is 11.0. The number of ketones is 1. The number of hydrogen-bond acceptors (Lipinski definition) is 5. The fourth-order valence-electron chi connectivity index (χ4n) is 2.83. The first-order valence-corrected chi connectivity index (χ1v) is 7.97. The van der Waals surface area contributed by atoms with Crippen LogP contribution in [0.5, 0.6) is 0 Å². The zero-order valence-electron chi connectivity index (χ0n) is 13.7. The molecule has 0 aliphatic heterocycles. The van der Waals surface area contributed by atoms with Crippen molar-refractivity contribution < 1.29 is 19.8 Å². The van der Waals surface area contributed by atoms with E-state index in [-0.39, 0.29) is 24.0 Å². The topological polar surface area (TPSA) is 120 Å². The maximum absolute atomic E-state index is 12.3. The highest BCUT2D eigenvalue weighted by atomic mass is 16.4. The van der Waals surface area contributed by atoms with Gasteiger partial charge in [-0.15, -0.1) is 0 Å². The maximum Gasteiger partial charge on any atom is 0.303 e. The molecule has 0 fully saturated rings. The quantitative estimate of drug-likeness (QED) is 0.585. The Morgan fingerprint density at radius 1 is 1.12 bits per heavy atom. The number of pyridine rings is 2. The number of aliphatic hydroxyl groups excluding tert-OH is 1. The van der Waals surface area contributed by atoms with Gasteiger partial charge in [-0.3, -0.25) is 19.4 Å². The van der Waals surface area contributed by atoms with Crippen LogP contribution in [0, 0.1) is 0 Å². The molecular formula is C19H16N2O5. The lowest BCUT2D eigenvalue weighted by Crippen LogP contribution is -2.22. The summed E-state index contributed by atoms with van der Waals surface area (Å²) in [5.74, 6) is -1.74. The van der Waals surface area contributed by atoms with Gasteiger partial charge in [0.2, 0.25) is 0 Å². The first-order chi connectivity index (χ1) is 12.5. The number of aromatic amines is 1. The van der Waals surface area contributed by atoms with Gasteiger partial charge in [0.1, 0.15) is 0 Å². The molecule has 132 valence electrons. The predicted octanol–water partition coefficient (Wildman–Crippen LogP) is 2.13. The van der Waals surface area contributed by atoms with Gasteiger partial charge in [0.15, 0.2) is 5.78 Å². The number of benzene rings is 1. The van der Waals surface area contributed by atoms with Crippen molar-refractivity contribution in [2.45, 2.75) is 19.4 Å². The second-order valence-corrected chi connectivity index (χ2v) is 5.76. The van der Waals surface area contributed by atoms with E-state index in [4.69, 9.17) is 5.11 Å². The third kappa shape index (κ3) is 3.38. The molecule has 1 aromatic carbocycles. The Balaban J connectivity index is 2.17. The van der Waals surface area contributed by atoms with E-state index in [0.717, 1.165) is 5.56 Å². The van der Waals surface area contributed by atoms with Crippen LogP contribution in [0.2, 0.25) is 0 Å². The summed E-state index contributed by atoms with van der Waals surface area (Å²) in [6.07, 6.45) is 0.782. The van der Waals surface area contributed by atoms with Crippen LogP contribution in [0.25, 0.3) is 22.2 Å². The van der Waals surface area contributed by atoms with Crippen molar-refractivity contribution in [3.63, 3.8) is 0 Å². The number of aliphatic carboxylic acids is 1. The highest BCUT2D eigenvalue weighted by molar-refractivity contribution is 6.02. The molecule has 3 rings (SSSR count). The van der Waals surface area contributed by atoms with Gasteiger partial charge >= 0.3 is 5.97 Å². The number of fused-ring (bicyclic) bond motifs is 1. The molecule has 26 heavy (non-hydrogen) atoms. The number of carbonyl (C=O) groups is 2. The third-order valence-electron chi connectivity index (χ3n) is 4.08. The summed E-state index contributed by atoms with van der Waals surface area (Å²) in [5, 5.41) is 19.0. The molecular weight excluding hydrogens is 336 g/mol. The number of nitrogens with one attached hydrogen (secondary N) is 1. The molecule has 7 nitrogen and oxygen atoms in total. The fourth-order valence-corrected chi connectivity index (χ4v) is 2.83. The minimum atomic E-state index is -1.13. The SMILES string of the molecule is O=C(O)CCC(=O)c1c(CO)c2cc(-c3ccccc3)ncc2[nH]c1=O. The van der Waals surface area contributed by atoms with Crippen LogP contribution in [-0.2, 0) is 11.4 Å². The van der Waals surface area contributed by atoms with Gasteiger partial charge < -0.3 is 15.2 Å². The largest absolute Gasteiger partial charge is 0.481 e. The van der Waals surface area contributed by atoms with Crippen molar-refractivity contribution in [2.75, 3.05) is 0 Å². The first kappa shape index (κ1) is 17.5. The smallest absolute Gasteiger partial charge is 0.303 e. The Morgan fingerprint density at radius 3 is 2.50 bits per heavy atom. The number of carbonyl (C=O) groups excluding carboxylic acids is 1. The number of carboxylic acid groups (broad SMARTS) is 1. The Bertz CT molecular complexity index is 1040. The van der Waals surface area contributed by atoms with Crippen LogP contribution in [0.4, 0.5) is 0 Å². The molecule has 7 heteroatoms. The van der Waals surface area contributed by atoms with Crippen molar-refractivity contribution >= 4 is 22.7 Å². The zero-order chi connectivity index (χ0) is 18.7. The van der Waals surface area contributed by atoms with Crippen molar-refractivity contribution in [1.82, 2.24) is 9.97 Å². The van der Waals surface area contributed by atoms with Crippen LogP contribution >= 0.6 is 0 Å². The van der Waals surface area contributed by atoms with E-state index in [1.807, 2.05) is 30.3 Å². The number of hydrogen-bond donors (Lipinski definition) is 3. The van der Waals surface area contributed by atoms with Crippen molar-refractivity contribution in [2.24, 2.45) is 0 Å². The lowest BCUT2D eigenvalue weighted by Gasteiger charge is -2.11. The van der Waals surface area contributed by atoms with Crippen LogP contribution in [-0.4, -0.2) is 31.9 Å². The number of rotatable bonds is 6. The first-order valence-electron chi connectivity index (χ1n) is 7.97. The van der Waals surface area contributed by atoms with Crippen LogP contribution in [0.3, 0.4) is 0 Å². The average Bonchev–Trinajstić information content (AvgIpc) is 2.65. The second kappa shape index (κ2) is 7.28. The van der Waals surface area contributed by atoms with E-state index >= 15 is 0 Å². The van der Waals surface area contributed by atoms with Crippen molar-refractivity contribution in [3.8, 4) is 11.3 Å². The normalized spacial score (nSPS) is 10.8. The number of nitrogens with zero attached hydrogens (tertiary/aromatic N) is 1. The Kier molecular flexibility index (Phi) is 4.90. The van der Waals surface area contributed by atoms with E-state index in [1.54, 1.807) is 6.07 Å². The summed E-state index contributed by atoms with van der Waals surface area (Å²) in [7, 11) is 0. The predicted molar refractivity (Wildman–Crippen MR) is 94.9 cm³/mol. The van der Waals surface area contributed by atoms with Gasteiger partial charge in [-0.25, -0.2) is 0 Å². The van der Waals surface area contributed by atoms with Gasteiger partial charge in [0, 0.05) is 22.9 Å². The van der Waals surface area contributed by atoms with E-state index in [1.165, 1.54) is 6.20 Å². The Labute approximate surface area is 148 Å². The molecule has 0 aliphatic rings. The van der Waals surface area contributed by atoms with Crippen LogP contribution < -0.4 is 5.56 Å². The van der Waals surface area contributed by atoms with E-state index in [0.29, 0.717) is 16.6 Å². The van der Waals surface area contributed by atoms with Gasteiger partial charge in [-0.05, 0) is 6.07 Å². The molecule has 2 aromatic heterocycles. The summed E-state index contributed by atoms with van der Waals surface area (Å²) < 4.78 is 0. The van der Waals surface area contributed by atoms with E-state index < -0.39 is 23.9 Å². The minimum absolute atomic E-state index is 0.179. The average molecular weight is 352 g/mol. The summed E-state index contributed by atoms with van der Waals surface area (Å²) in [4.78, 5) is 42.2. The fraction of sp³-hybridized carbons (Fsp3) is 0.158. The molecule has 0 saturated carbocycles. The molecule has 0 aliphatic carbocycles. The molecule has 0 radical (unpaired) electrons. The lowest BCUT2D eigenvalue weighted by atomic mass is 9.98. The highest BCUT2D eigenvalue weighted by Crippen LogP contribution is 2.24. The molecule has 3 aromatic rings. The lowest BCUT2D eigenvalue weighted by molar-refractivity contribution is -0.136. The second-order valence-electron chi connectivity index (χ2n) is 5.76. The van der Waals surface area contributed by atoms with Gasteiger partial charge in [0.25, 0.3) is 5.56 Å². The van der Waals surface area contributed by atoms with E-state index in [2.05, 4.69) is 9.97 Å². The number of aliphatic hydroxyl groups is 1. The number of Topliss-reactive ketones (excluding diaryl/α,β-unsaturated/α-hetero) is 1. The van der Waals surface area contributed by atoms with Crippen LogP contribution in [0.1, 0.15) is 28.8 Å². The van der Waals surface area contributed by atoms with E-state index in [9.17, 15) is 19.5 Å². The molecule has 0 saturated heterocycles. The molecule has 3 N–H and O–H groups in total. The molecule has 0 atom stereocenters. The third-order valence-corrected chi connectivity index (χ3v) is 4.08. The molecule has 0 amide bonds. The zero-order valence-corrected chi connectivity index (χ0v) is 13.7. The Hall–Kier alpha value is -3.32. The summed E-state index contributed by atoms with van der Waals surface area (Å²) >= 11 is 0. The number of carboxylic acids is 1. The van der Waals surface area contributed by atoms with Gasteiger partial charge in [-0.2, -0.15) is 0 Å². The standard InChI is InChI=1S/C19H16N2O5/c22-10-13-12-8-14(11-4-2-1-3-5-11)20-9-15(12)21-19(26)18(13)16(23)6-7-17(24)25/h1-5,8-9,22H,6-7,10H2,(H,21,26)(H,24,25). The monoisotopic (exact) mass is 352 g/mol. The minimum Gasteiger partial charge on any atom is -0.481 e. The van der Waals surface area contributed by atoms with Gasteiger partial charge in [-0.1, -0.05) is 30.3 Å². The molecule has 2 heterocycles. The molecule has 0 bridgehead atoms. The highest BCUT2D eigenvalue weighted by Gasteiger charge is 2.20. The van der Waals surface area contributed by atoms with Crippen molar-refractivity contribution in [1.29, 1.82) is 0 Å². The molecule has 0 spiro atoms. The van der Waals surface area contributed by atoms with Gasteiger partial charge in [0.05, 0.1) is 36.0 Å². The molecule has 0 unspecified atom stereocenters. The summed E-state index contributed by atoms with van der Waals surface area (Å²) in [6.45, 7) is -0.521. The maximum atomic E-state index is 12.3. The summed E-state index contributed by atoms with van der Waals surface area (Å²) in [5.41, 5.74) is 1.19. The Morgan fingerprint density at radius 2 is 1.85 bits per heavy atom. The number of H-pyrrole nitrogens is 1.